The van der Waals surface area contributed by atoms with Gasteiger partial charge in [0.05, 0.1) is 21.6 Å². The van der Waals surface area contributed by atoms with E-state index in [0.29, 0.717) is 5.95 Å². The Hall–Kier alpha value is -1.36. The minimum absolute atomic E-state index is 0.207. The maximum Gasteiger partial charge on any atom is 0.200 e. The van der Waals surface area contributed by atoms with Gasteiger partial charge in [0.2, 0.25) is 5.95 Å². The van der Waals surface area contributed by atoms with Crippen LogP contribution in [0, 0.1) is 13.8 Å². The molecule has 2 N–H and O–H groups in total. The molecule has 0 fully saturated rings. The first-order valence-electron chi connectivity index (χ1n) is 4.82. The molecular weight excluding hydrogens is 208 g/mol. The van der Waals surface area contributed by atoms with E-state index in [-0.39, 0.29) is 6.04 Å². The second-order valence-corrected chi connectivity index (χ2v) is 4.79. The van der Waals surface area contributed by atoms with E-state index in [9.17, 15) is 0 Å². The highest BCUT2D eigenvalue weighted by atomic mass is 32.1. The predicted molar refractivity (Wildman–Crippen MR) is 62.0 cm³/mol. The molecule has 0 saturated carbocycles. The summed E-state index contributed by atoms with van der Waals surface area (Å²) in [6.45, 7) is 6.16. The van der Waals surface area contributed by atoms with Crippen LogP contribution >= 0.6 is 11.3 Å². The van der Waals surface area contributed by atoms with Gasteiger partial charge in [-0.2, -0.15) is 0 Å². The van der Waals surface area contributed by atoms with E-state index in [4.69, 9.17) is 5.73 Å². The quantitative estimate of drug-likeness (QED) is 0.847. The van der Waals surface area contributed by atoms with E-state index < -0.39 is 0 Å². The Morgan fingerprint density at radius 2 is 2.20 bits per heavy atom. The van der Waals surface area contributed by atoms with Gasteiger partial charge in [0, 0.05) is 12.4 Å². The standard InChI is InChI=1S/C10H14N4S/c1-6-9(15-8(3)13-6)7(2)14-5-4-12-10(14)11/h4-5,7H,1-3H3,(H2,11,12). The monoisotopic (exact) mass is 222 g/mol. The largest absolute Gasteiger partial charge is 0.369 e. The van der Waals surface area contributed by atoms with Crippen molar-refractivity contribution in [2.45, 2.75) is 26.8 Å². The summed E-state index contributed by atoms with van der Waals surface area (Å²) < 4.78 is 1.96. The Bertz CT molecular complexity index is 471. The first-order chi connectivity index (χ1) is 7.09. The third-order valence-corrected chi connectivity index (χ3v) is 3.68. The fourth-order valence-electron chi connectivity index (χ4n) is 1.71. The first-order valence-corrected chi connectivity index (χ1v) is 5.63. The van der Waals surface area contributed by atoms with Gasteiger partial charge in [-0.3, -0.25) is 0 Å². The molecular formula is C10H14N4S. The SMILES string of the molecule is Cc1nc(C)c(C(C)n2ccnc2N)s1. The van der Waals surface area contributed by atoms with Gasteiger partial charge in [-0.25, -0.2) is 9.97 Å². The number of nitrogens with two attached hydrogens (primary N) is 1. The zero-order valence-corrected chi connectivity index (χ0v) is 9.88. The van der Waals surface area contributed by atoms with Gasteiger partial charge in [-0.15, -0.1) is 11.3 Å². The van der Waals surface area contributed by atoms with Crippen LogP contribution in [0.3, 0.4) is 0 Å². The smallest absolute Gasteiger partial charge is 0.200 e. The van der Waals surface area contributed by atoms with Gasteiger partial charge in [-0.1, -0.05) is 0 Å². The fourth-order valence-corrected chi connectivity index (χ4v) is 2.69. The molecule has 1 atom stereocenters. The highest BCUT2D eigenvalue weighted by molar-refractivity contribution is 7.11. The maximum atomic E-state index is 5.77. The van der Waals surface area contributed by atoms with E-state index >= 15 is 0 Å². The van der Waals surface area contributed by atoms with Gasteiger partial charge >= 0.3 is 0 Å². The van der Waals surface area contributed by atoms with Crippen molar-refractivity contribution < 1.29 is 0 Å². The number of aryl methyl sites for hydroxylation is 2. The number of hydrogen-bond acceptors (Lipinski definition) is 4. The molecule has 0 radical (unpaired) electrons. The van der Waals surface area contributed by atoms with Gasteiger partial charge in [0.1, 0.15) is 0 Å². The minimum Gasteiger partial charge on any atom is -0.369 e. The first kappa shape index (κ1) is 10.2. The van der Waals surface area contributed by atoms with Crippen molar-refractivity contribution in [3.8, 4) is 0 Å². The molecule has 15 heavy (non-hydrogen) atoms. The molecule has 1 unspecified atom stereocenters. The van der Waals surface area contributed by atoms with Crippen LogP contribution in [-0.4, -0.2) is 14.5 Å². The summed E-state index contributed by atoms with van der Waals surface area (Å²) in [5.41, 5.74) is 6.85. The average molecular weight is 222 g/mol. The fraction of sp³-hybridized carbons (Fsp3) is 0.400. The summed E-state index contributed by atoms with van der Waals surface area (Å²) in [6, 6.07) is 0.207. The van der Waals surface area contributed by atoms with Crippen LogP contribution < -0.4 is 5.73 Å². The Balaban J connectivity index is 2.40. The topological polar surface area (TPSA) is 56.7 Å². The molecule has 2 aromatic heterocycles. The zero-order chi connectivity index (χ0) is 11.0. The number of thiazole rings is 1. The van der Waals surface area contributed by atoms with E-state index in [2.05, 4.69) is 16.9 Å². The van der Waals surface area contributed by atoms with E-state index in [0.717, 1.165) is 10.7 Å². The van der Waals surface area contributed by atoms with E-state index in [1.807, 2.05) is 24.6 Å². The second-order valence-electron chi connectivity index (χ2n) is 3.55. The highest BCUT2D eigenvalue weighted by Gasteiger charge is 2.15. The van der Waals surface area contributed by atoms with Crippen LogP contribution in [0.15, 0.2) is 12.4 Å². The molecule has 5 heteroatoms. The number of nitrogens with zero attached hydrogens (tertiary/aromatic N) is 3. The van der Waals surface area contributed by atoms with Gasteiger partial charge in [-0.05, 0) is 20.8 Å². The van der Waals surface area contributed by atoms with Gasteiger partial charge in [0.15, 0.2) is 0 Å². The summed E-state index contributed by atoms with van der Waals surface area (Å²) in [5, 5.41) is 1.09. The van der Waals surface area contributed by atoms with Crippen molar-refractivity contribution >= 4 is 17.3 Å². The molecule has 0 saturated heterocycles. The number of imidazole rings is 1. The number of nitrogen functional groups attached to an aromatic ring is 1. The van der Waals surface area contributed by atoms with Crippen molar-refractivity contribution in [3.63, 3.8) is 0 Å². The lowest BCUT2D eigenvalue weighted by molar-refractivity contribution is 0.654. The van der Waals surface area contributed by atoms with Crippen LogP contribution in [0.2, 0.25) is 0 Å². The lowest BCUT2D eigenvalue weighted by Crippen LogP contribution is -2.08. The van der Waals surface area contributed by atoms with Crippen LogP contribution in [0.25, 0.3) is 0 Å². The lowest BCUT2D eigenvalue weighted by atomic mass is 10.2. The highest BCUT2D eigenvalue weighted by Crippen LogP contribution is 2.28. The molecule has 2 heterocycles. The molecule has 0 spiro atoms. The Kier molecular flexibility index (Phi) is 2.48. The molecule has 2 rings (SSSR count). The lowest BCUT2D eigenvalue weighted by Gasteiger charge is -2.13. The Morgan fingerprint density at radius 3 is 2.67 bits per heavy atom. The van der Waals surface area contributed by atoms with Crippen molar-refractivity contribution in [1.29, 1.82) is 0 Å². The molecule has 4 nitrogen and oxygen atoms in total. The third-order valence-electron chi connectivity index (χ3n) is 2.43. The van der Waals surface area contributed by atoms with Gasteiger partial charge in [0.25, 0.3) is 0 Å². The minimum atomic E-state index is 0.207. The summed E-state index contributed by atoms with van der Waals surface area (Å²) >= 11 is 1.71. The molecule has 0 aliphatic rings. The summed E-state index contributed by atoms with van der Waals surface area (Å²) in [6.07, 6.45) is 3.61. The summed E-state index contributed by atoms with van der Waals surface area (Å²) in [7, 11) is 0. The molecule has 0 bridgehead atoms. The van der Waals surface area contributed by atoms with Crippen molar-refractivity contribution in [1.82, 2.24) is 14.5 Å². The van der Waals surface area contributed by atoms with Crippen molar-refractivity contribution in [3.05, 3.63) is 28.0 Å². The van der Waals surface area contributed by atoms with Crippen LogP contribution in [-0.2, 0) is 0 Å². The Morgan fingerprint density at radius 1 is 1.47 bits per heavy atom. The van der Waals surface area contributed by atoms with E-state index in [1.165, 1.54) is 4.88 Å². The summed E-state index contributed by atoms with van der Waals surface area (Å²) in [4.78, 5) is 9.69. The third kappa shape index (κ3) is 1.74. The average Bonchev–Trinajstić information content (AvgIpc) is 2.71. The molecule has 0 aromatic carbocycles. The van der Waals surface area contributed by atoms with Crippen LogP contribution in [0.5, 0.6) is 0 Å². The number of hydrogen-bond donors (Lipinski definition) is 1. The number of anilines is 1. The zero-order valence-electron chi connectivity index (χ0n) is 9.06. The molecule has 0 aliphatic heterocycles. The predicted octanol–water partition coefficient (Wildman–Crippen LogP) is 2.15. The second kappa shape index (κ2) is 3.66. The molecule has 2 aromatic rings. The summed E-state index contributed by atoms with van der Waals surface area (Å²) in [5.74, 6) is 0.549. The van der Waals surface area contributed by atoms with E-state index in [1.54, 1.807) is 17.5 Å². The maximum absolute atomic E-state index is 5.77. The normalized spacial score (nSPS) is 13.0. The number of rotatable bonds is 2. The van der Waals surface area contributed by atoms with Crippen molar-refractivity contribution in [2.75, 3.05) is 5.73 Å². The molecule has 0 amide bonds. The van der Waals surface area contributed by atoms with Crippen LogP contribution in [0.4, 0.5) is 5.95 Å². The van der Waals surface area contributed by atoms with Crippen molar-refractivity contribution in [2.24, 2.45) is 0 Å². The number of aromatic nitrogens is 3. The Labute approximate surface area is 92.8 Å². The van der Waals surface area contributed by atoms with Gasteiger partial charge < -0.3 is 10.3 Å². The van der Waals surface area contributed by atoms with Crippen LogP contribution in [0.1, 0.15) is 28.5 Å². The molecule has 80 valence electrons. The molecule has 0 aliphatic carbocycles.